The molecule has 0 bridgehead atoms. The number of aromatic nitrogens is 4. The average molecular weight is 446 g/mol. The first kappa shape index (κ1) is 21.6. The maximum Gasteiger partial charge on any atom is 0.224 e. The topological polar surface area (TPSA) is 79.2 Å². The number of aryl methyl sites for hydroxylation is 1. The molecule has 1 aliphatic heterocycles. The van der Waals surface area contributed by atoms with E-state index in [4.69, 9.17) is 0 Å². The predicted octanol–water partition coefficient (Wildman–Crippen LogP) is 3.29. The molecule has 2 fully saturated rings. The summed E-state index contributed by atoms with van der Waals surface area (Å²) in [6.07, 6.45) is 3.88. The number of rotatable bonds is 9. The molecule has 172 valence electrons. The molecule has 0 unspecified atom stereocenters. The van der Waals surface area contributed by atoms with E-state index in [2.05, 4.69) is 42.7 Å². The summed E-state index contributed by atoms with van der Waals surface area (Å²) in [6, 6.07) is 18.0. The van der Waals surface area contributed by atoms with Gasteiger partial charge < -0.3 is 10.2 Å². The zero-order valence-electron chi connectivity index (χ0n) is 18.9. The summed E-state index contributed by atoms with van der Waals surface area (Å²) in [5.41, 5.74) is 2.97. The van der Waals surface area contributed by atoms with Gasteiger partial charge in [-0.2, -0.15) is 4.80 Å². The van der Waals surface area contributed by atoms with E-state index in [1.807, 2.05) is 42.5 Å². The molecule has 1 N–H and O–H groups in total. The molecule has 1 amide bonds. The maximum absolute atomic E-state index is 12.5. The van der Waals surface area contributed by atoms with Crippen LogP contribution in [0.1, 0.15) is 25.7 Å². The Bertz CT molecular complexity index is 1060. The van der Waals surface area contributed by atoms with Gasteiger partial charge in [0.05, 0.1) is 6.54 Å². The summed E-state index contributed by atoms with van der Waals surface area (Å²) >= 11 is 0. The number of nitrogens with one attached hydrogen (secondary N) is 1. The van der Waals surface area contributed by atoms with Crippen LogP contribution in [-0.4, -0.2) is 63.7 Å². The van der Waals surface area contributed by atoms with Crippen LogP contribution in [0.15, 0.2) is 54.6 Å². The fraction of sp³-hybridized carbons (Fsp3) is 0.440. The van der Waals surface area contributed by atoms with Gasteiger partial charge in [-0.05, 0) is 48.6 Å². The lowest BCUT2D eigenvalue weighted by atomic mass is 10.2. The fourth-order valence-electron chi connectivity index (χ4n) is 4.28. The summed E-state index contributed by atoms with van der Waals surface area (Å²) in [5, 5.41) is 15.6. The molecule has 1 saturated heterocycles. The standard InChI is InChI=1S/C25H31N7O/c33-24(10-5-13-32-28-25(27-29-32)21-6-2-1-3-7-21)26-22-8-4-9-23(18-22)31-16-14-30(15-17-31)19-20-11-12-20/h1-4,6-9,18,20H,5,10-17,19H2,(H,26,33). The second kappa shape index (κ2) is 10.1. The summed E-state index contributed by atoms with van der Waals surface area (Å²) in [6.45, 7) is 6.14. The first-order valence-electron chi connectivity index (χ1n) is 11.9. The number of tetrazole rings is 1. The third kappa shape index (κ3) is 5.96. The molecule has 2 aliphatic rings. The number of carbonyl (C=O) groups excluding carboxylic acids is 1. The van der Waals surface area contributed by atoms with E-state index in [0.717, 1.165) is 43.3 Å². The molecular weight excluding hydrogens is 414 g/mol. The molecule has 1 aromatic heterocycles. The monoisotopic (exact) mass is 445 g/mol. The van der Waals surface area contributed by atoms with E-state index < -0.39 is 0 Å². The van der Waals surface area contributed by atoms with Crippen LogP contribution in [0.5, 0.6) is 0 Å². The van der Waals surface area contributed by atoms with Crippen molar-refractivity contribution in [3.05, 3.63) is 54.6 Å². The van der Waals surface area contributed by atoms with Gasteiger partial charge in [0.1, 0.15) is 0 Å². The summed E-state index contributed by atoms with van der Waals surface area (Å²) in [4.78, 5) is 19.0. The number of hydrogen-bond acceptors (Lipinski definition) is 6. The lowest BCUT2D eigenvalue weighted by molar-refractivity contribution is -0.116. The first-order valence-corrected chi connectivity index (χ1v) is 11.9. The van der Waals surface area contributed by atoms with Gasteiger partial charge in [-0.1, -0.05) is 36.4 Å². The molecule has 0 atom stereocenters. The fourth-order valence-corrected chi connectivity index (χ4v) is 4.28. The van der Waals surface area contributed by atoms with E-state index in [-0.39, 0.29) is 5.91 Å². The molecule has 2 heterocycles. The van der Waals surface area contributed by atoms with E-state index in [1.54, 1.807) is 4.80 Å². The molecule has 1 saturated carbocycles. The van der Waals surface area contributed by atoms with Gasteiger partial charge in [0.2, 0.25) is 11.7 Å². The minimum absolute atomic E-state index is 0.00445. The van der Waals surface area contributed by atoms with Gasteiger partial charge in [-0.15, -0.1) is 10.2 Å². The Labute approximate surface area is 194 Å². The molecule has 2 aromatic carbocycles. The van der Waals surface area contributed by atoms with Gasteiger partial charge in [0.15, 0.2) is 0 Å². The molecule has 8 nitrogen and oxygen atoms in total. The van der Waals surface area contributed by atoms with Crippen molar-refractivity contribution in [2.75, 3.05) is 42.9 Å². The molecule has 1 aliphatic carbocycles. The first-order chi connectivity index (χ1) is 16.2. The van der Waals surface area contributed by atoms with Crippen molar-refractivity contribution < 1.29 is 4.79 Å². The van der Waals surface area contributed by atoms with Crippen LogP contribution in [0.4, 0.5) is 11.4 Å². The SMILES string of the molecule is O=C(CCCn1nnc(-c2ccccc2)n1)Nc1cccc(N2CCN(CC3CC3)CC2)c1. The third-order valence-electron chi connectivity index (χ3n) is 6.33. The molecule has 0 radical (unpaired) electrons. The van der Waals surface area contributed by atoms with E-state index in [0.29, 0.717) is 25.2 Å². The highest BCUT2D eigenvalue weighted by Crippen LogP contribution is 2.30. The third-order valence-corrected chi connectivity index (χ3v) is 6.33. The highest BCUT2D eigenvalue weighted by atomic mass is 16.1. The number of benzene rings is 2. The van der Waals surface area contributed by atoms with Crippen molar-refractivity contribution in [2.24, 2.45) is 5.92 Å². The maximum atomic E-state index is 12.5. The number of piperazine rings is 1. The van der Waals surface area contributed by atoms with Crippen LogP contribution in [0.25, 0.3) is 11.4 Å². The highest BCUT2D eigenvalue weighted by molar-refractivity contribution is 5.91. The molecular formula is C25H31N7O. The van der Waals surface area contributed by atoms with Crippen LogP contribution < -0.4 is 10.2 Å². The quantitative estimate of drug-likeness (QED) is 0.545. The van der Waals surface area contributed by atoms with Crippen molar-refractivity contribution in [3.63, 3.8) is 0 Å². The van der Waals surface area contributed by atoms with Crippen molar-refractivity contribution in [3.8, 4) is 11.4 Å². The smallest absolute Gasteiger partial charge is 0.224 e. The predicted molar refractivity (Wildman–Crippen MR) is 129 cm³/mol. The van der Waals surface area contributed by atoms with Gasteiger partial charge in [0, 0.05) is 56.1 Å². The van der Waals surface area contributed by atoms with E-state index in [1.165, 1.54) is 25.1 Å². The average Bonchev–Trinajstić information content (AvgIpc) is 3.54. The molecule has 3 aromatic rings. The van der Waals surface area contributed by atoms with Crippen molar-refractivity contribution in [2.45, 2.75) is 32.2 Å². The van der Waals surface area contributed by atoms with E-state index >= 15 is 0 Å². The van der Waals surface area contributed by atoms with Crippen LogP contribution in [0.3, 0.4) is 0 Å². The van der Waals surface area contributed by atoms with Crippen molar-refractivity contribution in [1.82, 2.24) is 25.1 Å². The summed E-state index contributed by atoms with van der Waals surface area (Å²) in [7, 11) is 0. The lowest BCUT2D eigenvalue weighted by Gasteiger charge is -2.36. The van der Waals surface area contributed by atoms with Crippen LogP contribution in [0, 0.1) is 5.92 Å². The van der Waals surface area contributed by atoms with Gasteiger partial charge >= 0.3 is 0 Å². The Hall–Kier alpha value is -3.26. The number of hydrogen-bond donors (Lipinski definition) is 1. The van der Waals surface area contributed by atoms with Crippen molar-refractivity contribution >= 4 is 17.3 Å². The Kier molecular flexibility index (Phi) is 6.62. The zero-order valence-corrected chi connectivity index (χ0v) is 18.9. The Morgan fingerprint density at radius 2 is 1.82 bits per heavy atom. The molecule has 0 spiro atoms. The van der Waals surface area contributed by atoms with Crippen molar-refractivity contribution in [1.29, 1.82) is 0 Å². The Morgan fingerprint density at radius 1 is 1.00 bits per heavy atom. The van der Waals surface area contributed by atoms with Crippen LogP contribution in [-0.2, 0) is 11.3 Å². The molecule has 8 heteroatoms. The summed E-state index contributed by atoms with van der Waals surface area (Å²) in [5.74, 6) is 1.55. The minimum Gasteiger partial charge on any atom is -0.369 e. The molecule has 5 rings (SSSR count). The lowest BCUT2D eigenvalue weighted by Crippen LogP contribution is -2.47. The zero-order chi connectivity index (χ0) is 22.5. The van der Waals surface area contributed by atoms with E-state index in [9.17, 15) is 4.79 Å². The number of anilines is 2. The Morgan fingerprint density at radius 3 is 2.61 bits per heavy atom. The normalized spacial score (nSPS) is 16.7. The highest BCUT2D eigenvalue weighted by Gasteiger charge is 2.26. The second-order valence-electron chi connectivity index (χ2n) is 9.01. The minimum atomic E-state index is 0.00445. The van der Waals surface area contributed by atoms with Crippen LogP contribution in [0.2, 0.25) is 0 Å². The Balaban J connectivity index is 1.07. The number of nitrogens with zero attached hydrogens (tertiary/aromatic N) is 6. The molecule has 33 heavy (non-hydrogen) atoms. The largest absolute Gasteiger partial charge is 0.369 e. The van der Waals surface area contributed by atoms with Gasteiger partial charge in [0.25, 0.3) is 0 Å². The summed E-state index contributed by atoms with van der Waals surface area (Å²) < 4.78 is 0. The number of carbonyl (C=O) groups is 1. The van der Waals surface area contributed by atoms with Gasteiger partial charge in [-0.25, -0.2) is 0 Å². The van der Waals surface area contributed by atoms with Gasteiger partial charge in [-0.3, -0.25) is 9.69 Å². The number of amides is 1. The van der Waals surface area contributed by atoms with Crippen LogP contribution >= 0.6 is 0 Å². The second-order valence-corrected chi connectivity index (χ2v) is 9.01.